The molecule has 0 aliphatic heterocycles. The van der Waals surface area contributed by atoms with Gasteiger partial charge in [-0.3, -0.25) is 4.79 Å². The minimum atomic E-state index is -0.480. The van der Waals surface area contributed by atoms with Crippen LogP contribution in [0.1, 0.15) is 87.0 Å². The van der Waals surface area contributed by atoms with Crippen LogP contribution in [0.25, 0.3) is 0 Å². The quantitative estimate of drug-likeness (QED) is 0.276. The van der Waals surface area contributed by atoms with Crippen LogP contribution in [0.15, 0.2) is 59.8 Å². The van der Waals surface area contributed by atoms with Crippen LogP contribution in [0, 0.1) is 5.82 Å². The predicted octanol–water partition coefficient (Wildman–Crippen LogP) is 5.10. The Kier molecular flexibility index (Phi) is 6.49. The normalized spacial score (nSPS) is 18.8. The van der Waals surface area contributed by atoms with E-state index in [0.29, 0.717) is 22.6 Å². The summed E-state index contributed by atoms with van der Waals surface area (Å²) >= 11 is 0. The zero-order chi connectivity index (χ0) is 25.4. The van der Waals surface area contributed by atoms with Gasteiger partial charge >= 0.3 is 0 Å². The molecule has 36 heavy (non-hydrogen) atoms. The summed E-state index contributed by atoms with van der Waals surface area (Å²) < 4.78 is 20.5. The first kappa shape index (κ1) is 24.0. The van der Waals surface area contributed by atoms with Gasteiger partial charge in [0.25, 0.3) is 5.91 Å². The molecular weight excluding hydrogens is 457 g/mol. The van der Waals surface area contributed by atoms with Crippen molar-refractivity contribution in [3.05, 3.63) is 105 Å². The molecule has 2 aliphatic carbocycles. The van der Waals surface area contributed by atoms with Crippen molar-refractivity contribution < 1.29 is 18.8 Å². The van der Waals surface area contributed by atoms with Crippen LogP contribution in [0.4, 0.5) is 4.39 Å². The topological polar surface area (TPSA) is 85.9 Å². The summed E-state index contributed by atoms with van der Waals surface area (Å²) in [4.78, 5) is 17.6. The van der Waals surface area contributed by atoms with Gasteiger partial charge in [-0.2, -0.15) is 0 Å². The van der Waals surface area contributed by atoms with Crippen molar-refractivity contribution in [1.82, 2.24) is 5.32 Å². The summed E-state index contributed by atoms with van der Waals surface area (Å²) in [6.07, 6.45) is 2.33. The Morgan fingerprint density at radius 2 is 1.69 bits per heavy atom. The molecule has 0 heterocycles. The minimum Gasteiger partial charge on any atom is -0.397 e. The second-order valence-corrected chi connectivity index (χ2v) is 9.49. The monoisotopic (exact) mass is 487 g/mol. The number of nitrogens with two attached hydrogens (primary N) is 1. The third-order valence-electron chi connectivity index (χ3n) is 7.22. The number of methoxy groups -OCH3 is 1. The highest BCUT2D eigenvalue weighted by atomic mass is 19.1. The number of amides is 1. The number of oxime groups is 1. The van der Waals surface area contributed by atoms with Crippen LogP contribution < -0.4 is 11.1 Å². The molecule has 5 rings (SSSR count). The fraction of sp³-hybridized carbons (Fsp3) is 0.310. The Labute approximate surface area is 210 Å². The zero-order valence-electron chi connectivity index (χ0n) is 20.7. The number of ether oxygens (including phenoxy) is 1. The summed E-state index contributed by atoms with van der Waals surface area (Å²) in [5.41, 5.74) is 13.0. The maximum absolute atomic E-state index is 14.6. The molecule has 1 saturated carbocycles. The number of nitrogens with one attached hydrogen (secondary N) is 1. The van der Waals surface area contributed by atoms with Gasteiger partial charge in [-0.25, -0.2) is 4.39 Å². The molecular formula is C29H30FN3O3. The van der Waals surface area contributed by atoms with Gasteiger partial charge in [0, 0.05) is 36.3 Å². The smallest absolute Gasteiger partial charge is 0.251 e. The van der Waals surface area contributed by atoms with Crippen LogP contribution in [0.5, 0.6) is 0 Å². The lowest BCUT2D eigenvalue weighted by atomic mass is 9.76. The highest BCUT2D eigenvalue weighted by Crippen LogP contribution is 2.47. The van der Waals surface area contributed by atoms with E-state index in [-0.39, 0.29) is 30.3 Å². The van der Waals surface area contributed by atoms with Gasteiger partial charge in [-0.05, 0) is 64.8 Å². The molecule has 0 unspecified atom stereocenters. The number of hydrogen-bond acceptors (Lipinski definition) is 4. The minimum absolute atomic E-state index is 0.0488. The second-order valence-electron chi connectivity index (χ2n) is 9.49. The molecule has 3 aromatic carbocycles. The first-order valence-electron chi connectivity index (χ1n) is 12.1. The number of carbonyl (C=O) groups excluding carboxylic acids is 1. The third kappa shape index (κ3) is 4.46. The standard InChI is InChI=1S/C29H30FN3O3/c1-16-24-12-18(17-4-5-17)8-10-22(24)27(35-2)23-11-9-20(13-25(16)23)29(34)32-15-21-7-6-19(14-26(21)30)28(31)33-36-3/h6-14,16-17,27H,4-5,15H2,1-3H3,(H2,31,33)(H,32,34)/t16-,27+/m1/s1. The van der Waals surface area contributed by atoms with E-state index in [4.69, 9.17) is 10.5 Å². The summed E-state index contributed by atoms with van der Waals surface area (Å²) in [5.74, 6) is 0.139. The molecule has 186 valence electrons. The van der Waals surface area contributed by atoms with Crippen molar-refractivity contribution in [3.8, 4) is 0 Å². The summed E-state index contributed by atoms with van der Waals surface area (Å²) in [6.45, 7) is 2.23. The first-order chi connectivity index (χ1) is 17.4. The maximum Gasteiger partial charge on any atom is 0.251 e. The zero-order valence-corrected chi connectivity index (χ0v) is 20.7. The lowest BCUT2D eigenvalue weighted by Gasteiger charge is -2.32. The molecule has 0 bridgehead atoms. The Bertz CT molecular complexity index is 1350. The van der Waals surface area contributed by atoms with Crippen molar-refractivity contribution in [2.75, 3.05) is 14.2 Å². The van der Waals surface area contributed by atoms with Gasteiger partial charge in [0.15, 0.2) is 5.84 Å². The summed E-state index contributed by atoms with van der Waals surface area (Å²) in [7, 11) is 3.09. The number of nitrogens with zero attached hydrogens (tertiary/aromatic N) is 1. The van der Waals surface area contributed by atoms with Crippen molar-refractivity contribution in [3.63, 3.8) is 0 Å². The largest absolute Gasteiger partial charge is 0.397 e. The molecule has 0 saturated heterocycles. The molecule has 3 aromatic rings. The Balaban J connectivity index is 1.36. The Morgan fingerprint density at radius 1 is 1.00 bits per heavy atom. The van der Waals surface area contributed by atoms with Crippen molar-refractivity contribution >= 4 is 11.7 Å². The number of benzene rings is 3. The molecule has 2 aliphatic rings. The maximum atomic E-state index is 14.6. The van der Waals surface area contributed by atoms with Gasteiger partial charge in [0.05, 0.1) is 0 Å². The van der Waals surface area contributed by atoms with E-state index in [1.165, 1.54) is 42.7 Å². The van der Waals surface area contributed by atoms with E-state index in [2.05, 4.69) is 40.4 Å². The molecule has 7 heteroatoms. The van der Waals surface area contributed by atoms with E-state index in [9.17, 15) is 9.18 Å². The molecule has 6 nitrogen and oxygen atoms in total. The molecule has 1 amide bonds. The van der Waals surface area contributed by atoms with Gasteiger partial charge < -0.3 is 20.6 Å². The van der Waals surface area contributed by atoms with Crippen LogP contribution in [0.3, 0.4) is 0 Å². The number of halogens is 1. The van der Waals surface area contributed by atoms with Gasteiger partial charge in [-0.1, -0.05) is 48.5 Å². The molecule has 0 spiro atoms. The summed E-state index contributed by atoms with van der Waals surface area (Å²) in [6, 6.07) is 17.0. The van der Waals surface area contributed by atoms with E-state index in [1.807, 2.05) is 12.1 Å². The van der Waals surface area contributed by atoms with Crippen molar-refractivity contribution in [2.45, 2.75) is 44.2 Å². The molecule has 1 fully saturated rings. The number of fused-ring (bicyclic) bond motifs is 2. The van der Waals surface area contributed by atoms with E-state index in [0.717, 1.165) is 11.1 Å². The third-order valence-corrected chi connectivity index (χ3v) is 7.22. The number of hydrogen-bond donors (Lipinski definition) is 2. The first-order valence-corrected chi connectivity index (χ1v) is 12.1. The fourth-order valence-electron chi connectivity index (χ4n) is 5.07. The fourth-order valence-corrected chi connectivity index (χ4v) is 5.07. The highest BCUT2D eigenvalue weighted by Gasteiger charge is 2.32. The summed E-state index contributed by atoms with van der Waals surface area (Å²) in [5, 5.41) is 6.44. The molecule has 2 atom stereocenters. The van der Waals surface area contributed by atoms with Gasteiger partial charge in [0.2, 0.25) is 0 Å². The van der Waals surface area contributed by atoms with Crippen LogP contribution >= 0.6 is 0 Å². The van der Waals surface area contributed by atoms with E-state index in [1.54, 1.807) is 25.3 Å². The van der Waals surface area contributed by atoms with Gasteiger partial charge in [-0.15, -0.1) is 0 Å². The van der Waals surface area contributed by atoms with Gasteiger partial charge in [0.1, 0.15) is 19.0 Å². The van der Waals surface area contributed by atoms with Crippen LogP contribution in [0.2, 0.25) is 0 Å². The highest BCUT2D eigenvalue weighted by molar-refractivity contribution is 5.97. The van der Waals surface area contributed by atoms with Crippen molar-refractivity contribution in [2.24, 2.45) is 10.9 Å². The number of carbonyl (C=O) groups is 1. The van der Waals surface area contributed by atoms with E-state index < -0.39 is 5.82 Å². The lowest BCUT2D eigenvalue weighted by molar-refractivity contribution is 0.0950. The number of amidine groups is 1. The average molecular weight is 488 g/mol. The average Bonchev–Trinajstić information content (AvgIpc) is 3.73. The van der Waals surface area contributed by atoms with Crippen molar-refractivity contribution in [1.29, 1.82) is 0 Å². The van der Waals surface area contributed by atoms with E-state index >= 15 is 0 Å². The lowest BCUT2D eigenvalue weighted by Crippen LogP contribution is -2.25. The molecule has 0 aromatic heterocycles. The SMILES string of the molecule is CON=C(N)c1ccc(CNC(=O)c2ccc3c(c2)[C@H](C)c2cc(C4CC4)ccc2[C@@H]3OC)c(F)c1. The van der Waals surface area contributed by atoms with Crippen LogP contribution in [-0.4, -0.2) is 26.0 Å². The Morgan fingerprint density at radius 3 is 2.36 bits per heavy atom. The van der Waals surface area contributed by atoms with Crippen LogP contribution in [-0.2, 0) is 16.1 Å². The molecule has 0 radical (unpaired) electrons. The number of rotatable bonds is 7. The predicted molar refractivity (Wildman–Crippen MR) is 137 cm³/mol. The second kappa shape index (κ2) is 9.74. The molecule has 3 N–H and O–H groups in total. The Hall–Kier alpha value is -3.71.